The number of hydrogen-bond donors (Lipinski definition) is 0. The molecule has 1 aromatic heterocycles. The average molecular weight is 315 g/mol. The molecule has 1 atom stereocenters. The molecule has 0 amide bonds. The minimum atomic E-state index is -0.147. The predicted octanol–water partition coefficient (Wildman–Crippen LogP) is 2.61. The van der Waals surface area contributed by atoms with Gasteiger partial charge in [-0.05, 0) is 18.4 Å². The number of hydrogen-bond acceptors (Lipinski definition) is 5. The number of aromatic nitrogens is 3. The topological polar surface area (TPSA) is 57.0 Å². The van der Waals surface area contributed by atoms with Gasteiger partial charge in [0.05, 0.1) is 13.2 Å². The van der Waals surface area contributed by atoms with Crippen LogP contribution in [0.1, 0.15) is 36.6 Å². The van der Waals surface area contributed by atoms with E-state index in [1.165, 1.54) is 30.2 Å². The van der Waals surface area contributed by atoms with Gasteiger partial charge in [-0.2, -0.15) is 0 Å². The van der Waals surface area contributed by atoms with E-state index < -0.39 is 0 Å². The van der Waals surface area contributed by atoms with Crippen LogP contribution in [-0.4, -0.2) is 32.6 Å². The second-order valence-corrected chi connectivity index (χ2v) is 6.92. The van der Waals surface area contributed by atoms with Gasteiger partial charge in [-0.1, -0.05) is 42.1 Å². The maximum Gasteiger partial charge on any atom is 0.319 e. The summed E-state index contributed by atoms with van der Waals surface area (Å²) in [4.78, 5) is 11.7. The number of nitrogens with zero attached hydrogens (tertiary/aromatic N) is 3. The number of benzene rings is 1. The summed E-state index contributed by atoms with van der Waals surface area (Å²) >= 11 is 1.49. The van der Waals surface area contributed by atoms with Crippen molar-refractivity contribution >= 4 is 17.7 Å². The highest BCUT2D eigenvalue weighted by molar-refractivity contribution is 8.00. The quantitative estimate of drug-likeness (QED) is 0.794. The minimum absolute atomic E-state index is 0.132. The predicted molar refractivity (Wildman–Crippen MR) is 82.8 cm³/mol. The third-order valence-corrected chi connectivity index (χ3v) is 5.23. The molecule has 0 N–H and O–H groups in total. The van der Waals surface area contributed by atoms with Gasteiger partial charge in [0.15, 0.2) is 5.16 Å². The number of ether oxygens (including phenoxy) is 1. The van der Waals surface area contributed by atoms with Crippen molar-refractivity contribution in [3.63, 3.8) is 0 Å². The first-order chi connectivity index (χ1) is 10.8. The van der Waals surface area contributed by atoms with Gasteiger partial charge in [0.1, 0.15) is 11.1 Å². The van der Waals surface area contributed by atoms with Crippen LogP contribution in [0.5, 0.6) is 0 Å². The van der Waals surface area contributed by atoms with Crippen molar-refractivity contribution in [2.45, 2.75) is 42.1 Å². The number of carbonyl (C=O) groups excluding carboxylic acids is 1. The summed E-state index contributed by atoms with van der Waals surface area (Å²) in [6.45, 7) is 1.27. The van der Waals surface area contributed by atoms with E-state index in [-0.39, 0.29) is 11.2 Å². The maximum atomic E-state index is 11.7. The Morgan fingerprint density at radius 1 is 1.18 bits per heavy atom. The summed E-state index contributed by atoms with van der Waals surface area (Å²) < 4.78 is 7.22. The average Bonchev–Trinajstić information content (AvgIpc) is 3.20. The smallest absolute Gasteiger partial charge is 0.319 e. The first kappa shape index (κ1) is 13.8. The minimum Gasteiger partial charge on any atom is -0.465 e. The Balaban J connectivity index is 1.61. The zero-order valence-corrected chi connectivity index (χ0v) is 13.0. The van der Waals surface area contributed by atoms with E-state index in [4.69, 9.17) is 4.74 Å². The van der Waals surface area contributed by atoms with E-state index in [9.17, 15) is 4.79 Å². The largest absolute Gasteiger partial charge is 0.465 e. The van der Waals surface area contributed by atoms with Crippen molar-refractivity contribution in [2.24, 2.45) is 0 Å². The lowest BCUT2D eigenvalue weighted by molar-refractivity contribution is -0.137. The number of thioether (sulfide) groups is 1. The number of rotatable bonds is 5. The molecule has 2 fully saturated rings. The fraction of sp³-hybridized carbons (Fsp3) is 0.438. The Bertz CT molecular complexity index is 682. The van der Waals surface area contributed by atoms with Gasteiger partial charge in [0.2, 0.25) is 0 Å². The molecule has 114 valence electrons. The van der Waals surface area contributed by atoms with E-state index in [0.29, 0.717) is 12.5 Å². The van der Waals surface area contributed by atoms with Gasteiger partial charge in [-0.25, -0.2) is 0 Å². The summed E-state index contributed by atoms with van der Waals surface area (Å²) in [5, 5.41) is 9.40. The third-order valence-electron chi connectivity index (χ3n) is 4.01. The lowest BCUT2D eigenvalue weighted by Gasteiger charge is -2.11. The zero-order chi connectivity index (χ0) is 14.9. The maximum absolute atomic E-state index is 11.7. The van der Waals surface area contributed by atoms with Gasteiger partial charge < -0.3 is 9.30 Å². The molecule has 0 spiro atoms. The Hall–Kier alpha value is -1.82. The summed E-state index contributed by atoms with van der Waals surface area (Å²) in [6, 6.07) is 10.3. The molecule has 2 aliphatic rings. The molecule has 6 heteroatoms. The first-order valence-electron chi connectivity index (χ1n) is 7.61. The zero-order valence-electron chi connectivity index (χ0n) is 12.1. The normalized spacial score (nSPS) is 21.1. The van der Waals surface area contributed by atoms with Gasteiger partial charge in [0, 0.05) is 12.3 Å². The van der Waals surface area contributed by atoms with Crippen LogP contribution in [0.15, 0.2) is 35.5 Å². The Morgan fingerprint density at radius 2 is 2.00 bits per heavy atom. The van der Waals surface area contributed by atoms with Gasteiger partial charge in [-0.3, -0.25) is 4.79 Å². The van der Waals surface area contributed by atoms with Crippen LogP contribution >= 0.6 is 11.8 Å². The molecule has 0 unspecified atom stereocenters. The highest BCUT2D eigenvalue weighted by Crippen LogP contribution is 2.41. The van der Waals surface area contributed by atoms with Crippen LogP contribution in [0.3, 0.4) is 0 Å². The molecular weight excluding hydrogens is 298 g/mol. The van der Waals surface area contributed by atoms with Crippen LogP contribution in [0, 0.1) is 0 Å². The number of cyclic esters (lactones) is 1. The molecule has 0 bridgehead atoms. The molecule has 1 aliphatic heterocycles. The van der Waals surface area contributed by atoms with Crippen molar-refractivity contribution in [3.8, 4) is 0 Å². The molecule has 1 saturated carbocycles. The molecular formula is C16H17N3O2S. The SMILES string of the molecule is O=C1OCC[C@H]1Sc1nnc(C2CC2)n1Cc1ccccc1. The van der Waals surface area contributed by atoms with Crippen molar-refractivity contribution in [1.29, 1.82) is 0 Å². The summed E-state index contributed by atoms with van der Waals surface area (Å²) in [6.07, 6.45) is 3.12. The summed E-state index contributed by atoms with van der Waals surface area (Å²) in [5.41, 5.74) is 1.22. The summed E-state index contributed by atoms with van der Waals surface area (Å²) in [7, 11) is 0. The standard InChI is InChI=1S/C16H17N3O2S/c20-15-13(8-9-21-15)22-16-18-17-14(12-6-7-12)19(16)10-11-4-2-1-3-5-11/h1-5,12-13H,6-10H2/t13-/m1/s1. The van der Waals surface area contributed by atoms with E-state index >= 15 is 0 Å². The molecule has 4 rings (SSSR count). The lowest BCUT2D eigenvalue weighted by Crippen LogP contribution is -2.12. The fourth-order valence-corrected chi connectivity index (χ4v) is 3.66. The molecule has 5 nitrogen and oxygen atoms in total. The van der Waals surface area contributed by atoms with Gasteiger partial charge >= 0.3 is 5.97 Å². The van der Waals surface area contributed by atoms with E-state index in [1.54, 1.807) is 0 Å². The molecule has 1 saturated heterocycles. The lowest BCUT2D eigenvalue weighted by atomic mass is 10.2. The number of carbonyl (C=O) groups is 1. The van der Waals surface area contributed by atoms with Crippen LogP contribution in [0.2, 0.25) is 0 Å². The van der Waals surface area contributed by atoms with Crippen LogP contribution < -0.4 is 0 Å². The molecule has 2 heterocycles. The van der Waals surface area contributed by atoms with Crippen molar-refractivity contribution in [3.05, 3.63) is 41.7 Å². The first-order valence-corrected chi connectivity index (χ1v) is 8.49. The van der Waals surface area contributed by atoms with E-state index in [2.05, 4.69) is 26.9 Å². The Labute approximate surface area is 133 Å². The van der Waals surface area contributed by atoms with Crippen molar-refractivity contribution < 1.29 is 9.53 Å². The van der Waals surface area contributed by atoms with Crippen LogP contribution in [0.25, 0.3) is 0 Å². The second-order valence-electron chi connectivity index (χ2n) is 5.75. The Morgan fingerprint density at radius 3 is 2.68 bits per heavy atom. The Kier molecular flexibility index (Phi) is 3.62. The van der Waals surface area contributed by atoms with Crippen LogP contribution in [0.4, 0.5) is 0 Å². The molecule has 2 aromatic rings. The van der Waals surface area contributed by atoms with Crippen molar-refractivity contribution in [1.82, 2.24) is 14.8 Å². The molecule has 1 aromatic carbocycles. The van der Waals surface area contributed by atoms with Gasteiger partial charge in [-0.15, -0.1) is 10.2 Å². The van der Waals surface area contributed by atoms with E-state index in [1.807, 2.05) is 18.2 Å². The number of esters is 1. The fourth-order valence-electron chi connectivity index (χ4n) is 2.66. The molecule has 22 heavy (non-hydrogen) atoms. The van der Waals surface area contributed by atoms with Gasteiger partial charge in [0.25, 0.3) is 0 Å². The van der Waals surface area contributed by atoms with E-state index in [0.717, 1.165) is 23.9 Å². The highest BCUT2D eigenvalue weighted by Gasteiger charge is 2.33. The monoisotopic (exact) mass is 315 g/mol. The molecule has 0 radical (unpaired) electrons. The third kappa shape index (κ3) is 2.75. The highest BCUT2D eigenvalue weighted by atomic mass is 32.2. The van der Waals surface area contributed by atoms with Crippen molar-refractivity contribution in [2.75, 3.05) is 6.61 Å². The van der Waals surface area contributed by atoms with Crippen LogP contribution in [-0.2, 0) is 16.1 Å². The molecule has 1 aliphatic carbocycles. The second kappa shape index (κ2) is 5.76. The summed E-state index contributed by atoms with van der Waals surface area (Å²) in [5.74, 6) is 1.45.